The van der Waals surface area contributed by atoms with Gasteiger partial charge in [0.2, 0.25) is 0 Å². The van der Waals surface area contributed by atoms with E-state index >= 15 is 0 Å². The number of hydrogen-bond donors (Lipinski definition) is 1. The molecule has 4 heteroatoms. The van der Waals surface area contributed by atoms with E-state index in [-0.39, 0.29) is 5.56 Å². The molecule has 1 unspecified atom stereocenters. The minimum atomic E-state index is -4.41. The monoisotopic (exact) mass is 276 g/mol. The van der Waals surface area contributed by atoms with Crippen LogP contribution in [-0.2, 0) is 6.18 Å². The van der Waals surface area contributed by atoms with Crippen molar-refractivity contribution in [2.75, 3.05) is 0 Å². The Morgan fingerprint density at radius 3 is 2.20 bits per heavy atom. The van der Waals surface area contributed by atoms with Crippen molar-refractivity contribution in [2.24, 2.45) is 0 Å². The highest BCUT2D eigenvalue weighted by Crippen LogP contribution is 2.37. The average Bonchev–Trinajstić information content (AvgIpc) is 2.56. The van der Waals surface area contributed by atoms with Crippen LogP contribution in [-0.4, -0.2) is 5.11 Å². The van der Waals surface area contributed by atoms with E-state index in [0.717, 1.165) is 17.7 Å². The van der Waals surface area contributed by atoms with E-state index in [1.807, 2.05) is 12.1 Å². The summed E-state index contributed by atoms with van der Waals surface area (Å²) in [4.78, 5) is 0. The van der Waals surface area contributed by atoms with E-state index < -0.39 is 17.8 Å². The van der Waals surface area contributed by atoms with Crippen molar-refractivity contribution in [2.45, 2.75) is 12.3 Å². The molecular weight excluding hydrogens is 265 g/mol. The number of alkyl halides is 3. The van der Waals surface area contributed by atoms with Gasteiger partial charge in [-0.1, -0.05) is 42.5 Å². The number of hydrogen-bond acceptors (Lipinski definition) is 1. The molecule has 1 atom stereocenters. The van der Waals surface area contributed by atoms with Gasteiger partial charge in [0, 0.05) is 0 Å². The normalized spacial score (nSPS) is 17.3. The van der Waals surface area contributed by atoms with Crippen LogP contribution in [0.5, 0.6) is 0 Å². The molecule has 0 aromatic heterocycles. The van der Waals surface area contributed by atoms with Gasteiger partial charge in [0.05, 0.1) is 5.56 Å². The number of aliphatic hydroxyl groups excluding tert-OH is 1. The first-order valence-corrected chi connectivity index (χ1v) is 6.13. The van der Waals surface area contributed by atoms with Crippen LogP contribution in [0.15, 0.2) is 42.5 Å². The molecule has 0 saturated carbocycles. The molecule has 102 valence electrons. The molecule has 1 aliphatic rings. The zero-order valence-electron chi connectivity index (χ0n) is 10.4. The van der Waals surface area contributed by atoms with Crippen LogP contribution in [0.1, 0.15) is 33.9 Å². The molecule has 1 aliphatic carbocycles. The summed E-state index contributed by atoms with van der Waals surface area (Å²) >= 11 is 0. The van der Waals surface area contributed by atoms with Crippen molar-refractivity contribution in [1.29, 1.82) is 0 Å². The van der Waals surface area contributed by atoms with E-state index in [0.29, 0.717) is 11.1 Å². The summed E-state index contributed by atoms with van der Waals surface area (Å²) in [6.45, 7) is 0. The van der Waals surface area contributed by atoms with Gasteiger partial charge >= 0.3 is 6.18 Å². The number of halogens is 3. The summed E-state index contributed by atoms with van der Waals surface area (Å²) in [6.07, 6.45) is -1.94. The van der Waals surface area contributed by atoms with Crippen LogP contribution in [0.3, 0.4) is 0 Å². The lowest BCUT2D eigenvalue weighted by Gasteiger charge is -2.16. The zero-order valence-corrected chi connectivity index (χ0v) is 10.4. The van der Waals surface area contributed by atoms with E-state index in [9.17, 15) is 18.3 Å². The van der Waals surface area contributed by atoms with Crippen LogP contribution in [0.25, 0.3) is 12.2 Å². The minimum absolute atomic E-state index is 0.279. The number of benzene rings is 2. The highest BCUT2D eigenvalue weighted by atomic mass is 19.4. The molecule has 3 rings (SSSR count). The fourth-order valence-corrected chi connectivity index (χ4v) is 2.40. The van der Waals surface area contributed by atoms with Crippen molar-refractivity contribution in [3.05, 3.63) is 70.3 Å². The first-order valence-electron chi connectivity index (χ1n) is 6.13. The standard InChI is InChI=1S/C16H11F3O/c17-16(18,19)12-8-7-11-6-5-10-3-1-2-4-13(10)15(20)14(11)9-12/h1-9,15,20H. The molecule has 2 aromatic carbocycles. The van der Waals surface area contributed by atoms with Gasteiger partial charge in [0.15, 0.2) is 0 Å². The smallest absolute Gasteiger partial charge is 0.384 e. The molecule has 0 aliphatic heterocycles. The van der Waals surface area contributed by atoms with Crippen molar-refractivity contribution in [1.82, 2.24) is 0 Å². The molecular formula is C16H11F3O. The molecule has 0 spiro atoms. The van der Waals surface area contributed by atoms with E-state index in [1.54, 1.807) is 24.3 Å². The second-order valence-corrected chi connectivity index (χ2v) is 4.71. The third-order valence-electron chi connectivity index (χ3n) is 3.44. The molecule has 20 heavy (non-hydrogen) atoms. The summed E-state index contributed by atoms with van der Waals surface area (Å²) in [5.74, 6) is 0. The predicted molar refractivity (Wildman–Crippen MR) is 70.9 cm³/mol. The van der Waals surface area contributed by atoms with Crippen molar-refractivity contribution >= 4 is 12.2 Å². The van der Waals surface area contributed by atoms with Crippen LogP contribution < -0.4 is 0 Å². The molecule has 2 aromatic rings. The maximum absolute atomic E-state index is 12.8. The lowest BCUT2D eigenvalue weighted by atomic mass is 9.95. The number of rotatable bonds is 0. The van der Waals surface area contributed by atoms with Gasteiger partial charge in [-0.25, -0.2) is 0 Å². The van der Waals surface area contributed by atoms with Gasteiger partial charge in [-0.2, -0.15) is 13.2 Å². The Morgan fingerprint density at radius 1 is 0.850 bits per heavy atom. The van der Waals surface area contributed by atoms with Crippen molar-refractivity contribution < 1.29 is 18.3 Å². The molecule has 0 saturated heterocycles. The topological polar surface area (TPSA) is 20.2 Å². The van der Waals surface area contributed by atoms with Crippen LogP contribution in [0, 0.1) is 0 Å². The maximum atomic E-state index is 12.8. The molecule has 0 radical (unpaired) electrons. The third kappa shape index (κ3) is 2.12. The first kappa shape index (κ1) is 12.9. The predicted octanol–water partition coefficient (Wildman–Crippen LogP) is 4.27. The van der Waals surface area contributed by atoms with Crippen LogP contribution >= 0.6 is 0 Å². The summed E-state index contributed by atoms with van der Waals surface area (Å²) in [7, 11) is 0. The van der Waals surface area contributed by atoms with Crippen LogP contribution in [0.2, 0.25) is 0 Å². The number of aliphatic hydroxyl groups is 1. The molecule has 0 heterocycles. The highest BCUT2D eigenvalue weighted by Gasteiger charge is 2.32. The highest BCUT2D eigenvalue weighted by molar-refractivity contribution is 5.76. The summed E-state index contributed by atoms with van der Waals surface area (Å²) in [6, 6.07) is 10.6. The fourth-order valence-electron chi connectivity index (χ4n) is 2.40. The maximum Gasteiger partial charge on any atom is 0.416 e. The van der Waals surface area contributed by atoms with E-state index in [2.05, 4.69) is 0 Å². The summed E-state index contributed by atoms with van der Waals surface area (Å²) in [5, 5.41) is 10.4. The fraction of sp³-hybridized carbons (Fsp3) is 0.125. The van der Waals surface area contributed by atoms with E-state index in [1.165, 1.54) is 6.07 Å². The molecule has 1 N–H and O–H groups in total. The molecule has 0 bridgehead atoms. The molecule has 0 amide bonds. The zero-order chi connectivity index (χ0) is 14.3. The van der Waals surface area contributed by atoms with Crippen LogP contribution in [0.4, 0.5) is 13.2 Å². The average molecular weight is 276 g/mol. The first-order chi connectivity index (χ1) is 9.47. The van der Waals surface area contributed by atoms with Crippen molar-refractivity contribution in [3.63, 3.8) is 0 Å². The summed E-state index contributed by atoms with van der Waals surface area (Å²) in [5.41, 5.74) is 1.55. The van der Waals surface area contributed by atoms with Gasteiger partial charge in [0.25, 0.3) is 0 Å². The van der Waals surface area contributed by atoms with Gasteiger partial charge in [-0.3, -0.25) is 0 Å². The quantitative estimate of drug-likeness (QED) is 0.761. The Labute approximate surface area is 114 Å². The Bertz CT molecular complexity index is 686. The van der Waals surface area contributed by atoms with E-state index in [4.69, 9.17) is 0 Å². The van der Waals surface area contributed by atoms with Gasteiger partial charge in [0.1, 0.15) is 6.10 Å². The second-order valence-electron chi connectivity index (χ2n) is 4.71. The molecule has 1 nitrogen and oxygen atoms in total. The second kappa shape index (κ2) is 4.49. The number of fused-ring (bicyclic) bond motifs is 2. The Kier molecular flexibility index (Phi) is 2.91. The third-order valence-corrected chi connectivity index (χ3v) is 3.44. The van der Waals surface area contributed by atoms with Gasteiger partial charge in [-0.05, 0) is 34.4 Å². The lowest BCUT2D eigenvalue weighted by Crippen LogP contribution is -2.08. The Hall–Kier alpha value is -2.07. The minimum Gasteiger partial charge on any atom is -0.384 e. The van der Waals surface area contributed by atoms with Crippen molar-refractivity contribution in [3.8, 4) is 0 Å². The lowest BCUT2D eigenvalue weighted by molar-refractivity contribution is -0.137. The SMILES string of the molecule is OC1c2ccccc2C=Cc2ccc(C(F)(F)F)cc21. The largest absolute Gasteiger partial charge is 0.416 e. The molecule has 0 fully saturated rings. The Morgan fingerprint density at radius 2 is 1.50 bits per heavy atom. The van der Waals surface area contributed by atoms with Gasteiger partial charge in [-0.15, -0.1) is 0 Å². The summed E-state index contributed by atoms with van der Waals surface area (Å²) < 4.78 is 38.3. The van der Waals surface area contributed by atoms with Gasteiger partial charge < -0.3 is 5.11 Å². The Balaban J connectivity index is 2.18.